The first-order valence-electron chi connectivity index (χ1n) is 8.59. The smallest absolute Gasteiger partial charge is 0.193 e. The van der Waals surface area contributed by atoms with Crippen molar-refractivity contribution in [3.63, 3.8) is 0 Å². The molecule has 3 heterocycles. The fourth-order valence-corrected chi connectivity index (χ4v) is 3.55. The molecule has 5 nitrogen and oxygen atoms in total. The van der Waals surface area contributed by atoms with Crippen LogP contribution in [0.15, 0.2) is 29.3 Å². The standard InChI is InChI=1S/C18H29N5.HI/c1-15-4-6-16(7-5-15)13-21(3)18(19-2)20-12-17-14-22-8-10-23(17)11-9-22;/h4-7,17H,8-14H2,1-3H3,(H,19,20);1H. The van der Waals surface area contributed by atoms with Gasteiger partial charge in [-0.15, -0.1) is 24.0 Å². The second kappa shape index (κ2) is 9.01. The van der Waals surface area contributed by atoms with Crippen molar-refractivity contribution in [3.8, 4) is 0 Å². The van der Waals surface area contributed by atoms with Crippen molar-refractivity contribution in [2.24, 2.45) is 4.99 Å². The van der Waals surface area contributed by atoms with Gasteiger partial charge in [-0.2, -0.15) is 0 Å². The van der Waals surface area contributed by atoms with E-state index in [1.54, 1.807) is 0 Å². The van der Waals surface area contributed by atoms with Crippen LogP contribution in [-0.4, -0.2) is 80.1 Å². The first-order chi connectivity index (χ1) is 11.2. The number of rotatable bonds is 4. The first-order valence-corrected chi connectivity index (χ1v) is 8.59. The molecule has 1 aromatic carbocycles. The molecule has 1 atom stereocenters. The molecule has 134 valence electrons. The lowest BCUT2D eigenvalue weighted by molar-refractivity contribution is 0.0152. The summed E-state index contributed by atoms with van der Waals surface area (Å²) in [6.07, 6.45) is 0. The minimum absolute atomic E-state index is 0. The number of nitrogens with one attached hydrogen (secondary N) is 1. The zero-order valence-corrected chi connectivity index (χ0v) is 17.4. The van der Waals surface area contributed by atoms with Crippen LogP contribution in [0.25, 0.3) is 0 Å². The molecule has 0 radical (unpaired) electrons. The van der Waals surface area contributed by atoms with Gasteiger partial charge in [0.1, 0.15) is 0 Å². The molecule has 0 saturated carbocycles. The average molecular weight is 443 g/mol. The average Bonchev–Trinajstić information content (AvgIpc) is 2.58. The summed E-state index contributed by atoms with van der Waals surface area (Å²) < 4.78 is 0. The Hall–Kier alpha value is -0.860. The number of fused-ring (bicyclic) bond motifs is 3. The van der Waals surface area contributed by atoms with E-state index in [1.165, 1.54) is 43.9 Å². The highest BCUT2D eigenvalue weighted by Crippen LogP contribution is 2.15. The molecule has 0 amide bonds. The quantitative estimate of drug-likeness (QED) is 0.436. The number of hydrogen-bond acceptors (Lipinski definition) is 3. The predicted octanol–water partition coefficient (Wildman–Crippen LogP) is 1.62. The molecule has 3 fully saturated rings. The number of halogens is 1. The number of guanidine groups is 1. The summed E-state index contributed by atoms with van der Waals surface area (Å²) in [7, 11) is 3.97. The van der Waals surface area contributed by atoms with Gasteiger partial charge in [0, 0.05) is 66.0 Å². The van der Waals surface area contributed by atoms with Crippen LogP contribution in [0.2, 0.25) is 0 Å². The second-order valence-electron chi connectivity index (χ2n) is 6.76. The fourth-order valence-electron chi connectivity index (χ4n) is 3.55. The molecule has 3 saturated heterocycles. The lowest BCUT2D eigenvalue weighted by atomic mass is 10.1. The second-order valence-corrected chi connectivity index (χ2v) is 6.76. The highest BCUT2D eigenvalue weighted by Gasteiger charge is 2.31. The van der Waals surface area contributed by atoms with Gasteiger partial charge in [-0.25, -0.2) is 0 Å². The van der Waals surface area contributed by atoms with E-state index in [0.29, 0.717) is 6.04 Å². The molecule has 6 heteroatoms. The van der Waals surface area contributed by atoms with Crippen LogP contribution in [0.4, 0.5) is 0 Å². The van der Waals surface area contributed by atoms with Crippen LogP contribution < -0.4 is 5.32 Å². The fraction of sp³-hybridized carbons (Fsp3) is 0.611. The Balaban J connectivity index is 0.00000208. The topological polar surface area (TPSA) is 34.1 Å². The molecule has 2 bridgehead atoms. The molecule has 1 unspecified atom stereocenters. The van der Waals surface area contributed by atoms with Gasteiger partial charge in [0.25, 0.3) is 0 Å². The van der Waals surface area contributed by atoms with Gasteiger partial charge in [0.2, 0.25) is 0 Å². The van der Waals surface area contributed by atoms with E-state index in [9.17, 15) is 0 Å². The monoisotopic (exact) mass is 443 g/mol. The minimum atomic E-state index is 0. The molecule has 0 aliphatic carbocycles. The molecule has 24 heavy (non-hydrogen) atoms. The van der Waals surface area contributed by atoms with E-state index in [-0.39, 0.29) is 24.0 Å². The Morgan fingerprint density at radius 1 is 1.21 bits per heavy atom. The normalized spacial score (nSPS) is 26.0. The van der Waals surface area contributed by atoms with Crippen LogP contribution in [-0.2, 0) is 6.54 Å². The third-order valence-corrected chi connectivity index (χ3v) is 5.00. The van der Waals surface area contributed by atoms with Gasteiger partial charge in [-0.3, -0.25) is 14.8 Å². The minimum Gasteiger partial charge on any atom is -0.355 e. The van der Waals surface area contributed by atoms with Gasteiger partial charge >= 0.3 is 0 Å². The van der Waals surface area contributed by atoms with Gasteiger partial charge in [-0.05, 0) is 12.5 Å². The van der Waals surface area contributed by atoms with Gasteiger partial charge in [-0.1, -0.05) is 29.8 Å². The predicted molar refractivity (Wildman–Crippen MR) is 111 cm³/mol. The lowest BCUT2D eigenvalue weighted by Gasteiger charge is -2.47. The number of benzene rings is 1. The highest BCUT2D eigenvalue weighted by atomic mass is 127. The summed E-state index contributed by atoms with van der Waals surface area (Å²) in [6.45, 7) is 10.1. The Labute approximate surface area is 163 Å². The lowest BCUT2D eigenvalue weighted by Crippen LogP contribution is -2.63. The molecule has 0 spiro atoms. The third kappa shape index (κ3) is 4.83. The Morgan fingerprint density at radius 2 is 1.88 bits per heavy atom. The molecular formula is C18H30IN5. The zero-order valence-electron chi connectivity index (χ0n) is 15.0. The highest BCUT2D eigenvalue weighted by molar-refractivity contribution is 14.0. The molecule has 3 aliphatic heterocycles. The third-order valence-electron chi connectivity index (χ3n) is 5.00. The van der Waals surface area contributed by atoms with Crippen LogP contribution in [0.3, 0.4) is 0 Å². The van der Waals surface area contributed by atoms with E-state index < -0.39 is 0 Å². The first kappa shape index (κ1) is 19.5. The molecule has 1 N–H and O–H groups in total. The molecular weight excluding hydrogens is 413 g/mol. The van der Waals surface area contributed by atoms with Gasteiger partial charge in [0.05, 0.1) is 0 Å². The van der Waals surface area contributed by atoms with Crippen LogP contribution in [0.1, 0.15) is 11.1 Å². The van der Waals surface area contributed by atoms with Crippen molar-refractivity contribution in [1.29, 1.82) is 0 Å². The maximum absolute atomic E-state index is 4.45. The number of hydrogen-bond donors (Lipinski definition) is 1. The summed E-state index contributed by atoms with van der Waals surface area (Å²) in [6, 6.07) is 9.33. The Morgan fingerprint density at radius 3 is 2.42 bits per heavy atom. The van der Waals surface area contributed by atoms with Crippen LogP contribution in [0.5, 0.6) is 0 Å². The van der Waals surface area contributed by atoms with Crippen molar-refractivity contribution in [2.45, 2.75) is 19.5 Å². The van der Waals surface area contributed by atoms with E-state index >= 15 is 0 Å². The van der Waals surface area contributed by atoms with Crippen molar-refractivity contribution in [3.05, 3.63) is 35.4 Å². The summed E-state index contributed by atoms with van der Waals surface area (Å²) in [4.78, 5) is 11.8. The van der Waals surface area contributed by atoms with Crippen molar-refractivity contribution in [1.82, 2.24) is 20.0 Å². The van der Waals surface area contributed by atoms with Gasteiger partial charge in [0.15, 0.2) is 5.96 Å². The van der Waals surface area contributed by atoms with Gasteiger partial charge < -0.3 is 10.2 Å². The number of aryl methyl sites for hydroxylation is 1. The largest absolute Gasteiger partial charge is 0.355 e. The maximum Gasteiger partial charge on any atom is 0.193 e. The molecule has 3 aliphatic rings. The SMILES string of the molecule is CN=C(NCC1CN2CCN1CC2)N(C)Cc1ccc(C)cc1.I. The number of piperazine rings is 3. The van der Waals surface area contributed by atoms with E-state index in [0.717, 1.165) is 19.0 Å². The number of aliphatic imine (C=N–C) groups is 1. The zero-order chi connectivity index (χ0) is 16.2. The van der Waals surface area contributed by atoms with Crippen molar-refractivity contribution in [2.75, 3.05) is 53.4 Å². The van der Waals surface area contributed by atoms with Crippen molar-refractivity contribution < 1.29 is 0 Å². The summed E-state index contributed by atoms with van der Waals surface area (Å²) in [5.74, 6) is 0.975. The Kier molecular flexibility index (Phi) is 7.31. The van der Waals surface area contributed by atoms with E-state index in [1.807, 2.05) is 7.05 Å². The summed E-state index contributed by atoms with van der Waals surface area (Å²) >= 11 is 0. The molecule has 4 rings (SSSR count). The maximum atomic E-state index is 4.45. The van der Waals surface area contributed by atoms with E-state index in [2.05, 4.69) is 63.2 Å². The number of nitrogens with zero attached hydrogens (tertiary/aromatic N) is 4. The van der Waals surface area contributed by atoms with Crippen molar-refractivity contribution >= 4 is 29.9 Å². The van der Waals surface area contributed by atoms with E-state index in [4.69, 9.17) is 0 Å². The summed E-state index contributed by atoms with van der Waals surface area (Å²) in [5.41, 5.74) is 2.61. The Bertz CT molecular complexity index is 537. The van der Waals surface area contributed by atoms with Crippen LogP contribution >= 0.6 is 24.0 Å². The molecule has 1 aromatic rings. The molecule has 0 aromatic heterocycles. The van der Waals surface area contributed by atoms with Crippen LogP contribution in [0, 0.1) is 6.92 Å². The summed E-state index contributed by atoms with van der Waals surface area (Å²) in [5, 5.41) is 3.56.